The third-order valence-electron chi connectivity index (χ3n) is 3.34. The molecule has 0 atom stereocenters. The maximum absolute atomic E-state index is 13.0. The summed E-state index contributed by atoms with van der Waals surface area (Å²) in [7, 11) is -3.67. The van der Waals surface area contributed by atoms with Crippen LogP contribution in [0.15, 0.2) is 51.2 Å². The van der Waals surface area contributed by atoms with Gasteiger partial charge in [0.1, 0.15) is 5.03 Å². The highest BCUT2D eigenvalue weighted by Crippen LogP contribution is 2.32. The molecule has 1 aromatic carbocycles. The number of aryl methyl sites for hydroxylation is 2. The second kappa shape index (κ2) is 6.51. The van der Waals surface area contributed by atoms with Crippen molar-refractivity contribution < 1.29 is 8.42 Å². The van der Waals surface area contributed by atoms with Gasteiger partial charge in [-0.2, -0.15) is 5.10 Å². The van der Waals surface area contributed by atoms with Crippen molar-refractivity contribution in [1.82, 2.24) is 14.6 Å². The molecular formula is C15H16ClN3O2S2. The Morgan fingerprint density at radius 3 is 2.39 bits per heavy atom. The summed E-state index contributed by atoms with van der Waals surface area (Å²) in [5.74, 6) is 0. The zero-order chi connectivity index (χ0) is 15.9. The molecule has 0 amide bonds. The van der Waals surface area contributed by atoms with E-state index in [2.05, 4.69) is 10.1 Å². The number of aromatic nitrogens is 3. The van der Waals surface area contributed by atoms with Gasteiger partial charge in [0.05, 0.1) is 4.90 Å². The van der Waals surface area contributed by atoms with Crippen LogP contribution in [-0.4, -0.2) is 29.3 Å². The summed E-state index contributed by atoms with van der Waals surface area (Å²) in [4.78, 5) is 4.83. The second-order valence-electron chi connectivity index (χ2n) is 4.93. The first-order chi connectivity index (χ1) is 10.4. The molecule has 5 nitrogen and oxygen atoms in total. The maximum atomic E-state index is 13.0. The first-order valence-electron chi connectivity index (χ1n) is 6.66. The fourth-order valence-corrected chi connectivity index (χ4v) is 4.78. The number of rotatable bonds is 3. The van der Waals surface area contributed by atoms with Crippen molar-refractivity contribution in [3.8, 4) is 0 Å². The standard InChI is InChI=1S/C15H15N3O2S2.ClH/c1-10-9-11(2)18-14(16-10)13(15(17-18)21-3)22(19,20)12-7-5-4-6-8-12;/h4-9H,1-3H3;1H. The zero-order valence-electron chi connectivity index (χ0n) is 12.8. The highest BCUT2D eigenvalue weighted by atomic mass is 35.5. The van der Waals surface area contributed by atoms with Gasteiger partial charge in [0.25, 0.3) is 0 Å². The molecule has 0 aliphatic carbocycles. The minimum atomic E-state index is -3.67. The summed E-state index contributed by atoms with van der Waals surface area (Å²) in [5.41, 5.74) is 2.00. The van der Waals surface area contributed by atoms with Gasteiger partial charge in [-0.15, -0.1) is 24.2 Å². The molecule has 0 aliphatic rings. The van der Waals surface area contributed by atoms with E-state index in [-0.39, 0.29) is 22.2 Å². The van der Waals surface area contributed by atoms with Crippen LogP contribution in [0.4, 0.5) is 0 Å². The van der Waals surface area contributed by atoms with Gasteiger partial charge in [-0.05, 0) is 38.3 Å². The van der Waals surface area contributed by atoms with Crippen molar-refractivity contribution in [3.63, 3.8) is 0 Å². The Bertz CT molecular complexity index is 954. The summed E-state index contributed by atoms with van der Waals surface area (Å²) in [6, 6.07) is 10.3. The van der Waals surface area contributed by atoms with E-state index in [1.165, 1.54) is 11.8 Å². The third-order valence-corrected chi connectivity index (χ3v) is 5.95. The molecule has 122 valence electrons. The smallest absolute Gasteiger partial charge is 0.213 e. The van der Waals surface area contributed by atoms with E-state index in [1.54, 1.807) is 34.8 Å². The Morgan fingerprint density at radius 2 is 1.78 bits per heavy atom. The molecular weight excluding hydrogens is 354 g/mol. The molecule has 0 fully saturated rings. The van der Waals surface area contributed by atoms with Crippen LogP contribution in [-0.2, 0) is 9.84 Å². The number of thioether (sulfide) groups is 1. The molecule has 23 heavy (non-hydrogen) atoms. The topological polar surface area (TPSA) is 64.3 Å². The first kappa shape index (κ1) is 17.8. The molecule has 0 radical (unpaired) electrons. The molecule has 8 heteroatoms. The number of halogens is 1. The number of hydrogen-bond acceptors (Lipinski definition) is 5. The van der Waals surface area contributed by atoms with Crippen molar-refractivity contribution in [1.29, 1.82) is 0 Å². The number of nitrogens with zero attached hydrogens (tertiary/aromatic N) is 3. The zero-order valence-corrected chi connectivity index (χ0v) is 15.3. The van der Waals surface area contributed by atoms with Gasteiger partial charge in [0, 0.05) is 11.4 Å². The van der Waals surface area contributed by atoms with E-state index in [0.717, 1.165) is 11.4 Å². The van der Waals surface area contributed by atoms with Gasteiger partial charge in [-0.25, -0.2) is 17.9 Å². The van der Waals surface area contributed by atoms with E-state index in [9.17, 15) is 8.42 Å². The number of hydrogen-bond donors (Lipinski definition) is 0. The van der Waals surface area contributed by atoms with Crippen LogP contribution >= 0.6 is 24.2 Å². The third kappa shape index (κ3) is 2.96. The van der Waals surface area contributed by atoms with Gasteiger partial charge in [-0.1, -0.05) is 18.2 Å². The van der Waals surface area contributed by atoms with Crippen molar-refractivity contribution in [2.45, 2.75) is 28.7 Å². The fourth-order valence-electron chi connectivity index (χ4n) is 2.37. The normalized spacial score (nSPS) is 11.4. The van der Waals surface area contributed by atoms with E-state index in [0.29, 0.717) is 10.7 Å². The molecule has 3 aromatic rings. The van der Waals surface area contributed by atoms with Crippen molar-refractivity contribution in [2.24, 2.45) is 0 Å². The Kier molecular flexibility index (Phi) is 5.03. The lowest BCUT2D eigenvalue weighted by atomic mass is 10.3. The lowest BCUT2D eigenvalue weighted by molar-refractivity contribution is 0.594. The minimum Gasteiger partial charge on any atom is -0.233 e. The van der Waals surface area contributed by atoms with Crippen LogP contribution in [0.1, 0.15) is 11.4 Å². The van der Waals surface area contributed by atoms with Crippen LogP contribution in [0.25, 0.3) is 5.65 Å². The molecule has 0 aliphatic heterocycles. The SMILES string of the molecule is CSc1nn2c(C)cc(C)nc2c1S(=O)(=O)c1ccccc1.Cl. The summed E-state index contributed by atoms with van der Waals surface area (Å²) < 4.78 is 27.6. The van der Waals surface area contributed by atoms with Gasteiger partial charge in [0.15, 0.2) is 10.5 Å². The summed E-state index contributed by atoms with van der Waals surface area (Å²) in [6.45, 7) is 3.73. The second-order valence-corrected chi connectivity index (χ2v) is 7.61. The first-order valence-corrected chi connectivity index (χ1v) is 9.37. The molecule has 0 saturated carbocycles. The molecule has 2 heterocycles. The quantitative estimate of drug-likeness (QED) is 0.662. The average molecular weight is 370 g/mol. The lowest BCUT2D eigenvalue weighted by Crippen LogP contribution is -2.04. The van der Waals surface area contributed by atoms with E-state index < -0.39 is 9.84 Å². The molecule has 0 N–H and O–H groups in total. The molecule has 2 aromatic heterocycles. The van der Waals surface area contributed by atoms with E-state index in [1.807, 2.05) is 26.2 Å². The van der Waals surface area contributed by atoms with E-state index in [4.69, 9.17) is 0 Å². The predicted molar refractivity (Wildman–Crippen MR) is 93.4 cm³/mol. The summed E-state index contributed by atoms with van der Waals surface area (Å²) in [5, 5.41) is 4.86. The van der Waals surface area contributed by atoms with Gasteiger partial charge in [-0.3, -0.25) is 0 Å². The monoisotopic (exact) mass is 369 g/mol. The Morgan fingerprint density at radius 1 is 1.13 bits per heavy atom. The molecule has 0 bridgehead atoms. The van der Waals surface area contributed by atoms with Crippen molar-refractivity contribution >= 4 is 39.7 Å². The molecule has 3 rings (SSSR count). The van der Waals surface area contributed by atoms with Crippen LogP contribution in [0.2, 0.25) is 0 Å². The fraction of sp³-hybridized carbons (Fsp3) is 0.200. The van der Waals surface area contributed by atoms with Crippen LogP contribution in [0.3, 0.4) is 0 Å². The molecule has 0 saturated heterocycles. The number of sulfone groups is 1. The van der Waals surface area contributed by atoms with Crippen LogP contribution in [0.5, 0.6) is 0 Å². The van der Waals surface area contributed by atoms with Gasteiger partial charge < -0.3 is 0 Å². The van der Waals surface area contributed by atoms with Crippen molar-refractivity contribution in [3.05, 3.63) is 47.8 Å². The maximum Gasteiger partial charge on any atom is 0.213 e. The summed E-state index contributed by atoms with van der Waals surface area (Å²) >= 11 is 1.31. The number of fused-ring (bicyclic) bond motifs is 1. The van der Waals surface area contributed by atoms with E-state index >= 15 is 0 Å². The van der Waals surface area contributed by atoms with Gasteiger partial charge in [0.2, 0.25) is 9.84 Å². The van der Waals surface area contributed by atoms with Gasteiger partial charge >= 0.3 is 0 Å². The Labute approximate surface area is 145 Å². The minimum absolute atomic E-state index is 0. The Balaban J connectivity index is 0.00000192. The van der Waals surface area contributed by atoms with Crippen molar-refractivity contribution in [2.75, 3.05) is 6.26 Å². The largest absolute Gasteiger partial charge is 0.233 e. The van der Waals surface area contributed by atoms with Crippen LogP contribution < -0.4 is 0 Å². The lowest BCUT2D eigenvalue weighted by Gasteiger charge is -2.05. The average Bonchev–Trinajstić information content (AvgIpc) is 2.87. The molecule has 0 spiro atoms. The number of benzene rings is 1. The van der Waals surface area contributed by atoms with Crippen LogP contribution in [0, 0.1) is 13.8 Å². The highest BCUT2D eigenvalue weighted by Gasteiger charge is 2.28. The highest BCUT2D eigenvalue weighted by molar-refractivity contribution is 7.99. The summed E-state index contributed by atoms with van der Waals surface area (Å²) in [6.07, 6.45) is 1.81. The Hall–Kier alpha value is -1.57. The molecule has 0 unspecified atom stereocenters. The predicted octanol–water partition coefficient (Wildman–Crippen LogP) is 3.32.